The molecule has 0 radical (unpaired) electrons. The van der Waals surface area contributed by atoms with Gasteiger partial charge in [-0.25, -0.2) is 0 Å². The van der Waals surface area contributed by atoms with Crippen LogP contribution >= 0.6 is 0 Å². The molecule has 0 saturated heterocycles. The monoisotopic (exact) mass is 179 g/mol. The smallest absolute Gasteiger partial charge is 0.243 e. The van der Waals surface area contributed by atoms with Crippen LogP contribution in [-0.2, 0) is 4.79 Å². The Morgan fingerprint density at radius 3 is 2.77 bits per heavy atom. The van der Waals surface area contributed by atoms with Crippen LogP contribution in [-0.4, -0.2) is 12.5 Å². The Morgan fingerprint density at radius 1 is 1.62 bits per heavy atom. The van der Waals surface area contributed by atoms with E-state index in [4.69, 9.17) is 0 Å². The first kappa shape index (κ1) is 8.79. The summed E-state index contributed by atoms with van der Waals surface area (Å²) in [4.78, 5) is 11.0. The molecule has 2 rings (SSSR count). The Kier molecular flexibility index (Phi) is 1.94. The van der Waals surface area contributed by atoms with Gasteiger partial charge in [0.1, 0.15) is 0 Å². The molecule has 2 aliphatic rings. The number of hydrogen-bond acceptors (Lipinski definition) is 1. The van der Waals surface area contributed by atoms with Gasteiger partial charge in [-0.1, -0.05) is 13.5 Å². The van der Waals surface area contributed by atoms with E-state index in [2.05, 4.69) is 18.8 Å². The van der Waals surface area contributed by atoms with Crippen molar-refractivity contribution in [2.75, 3.05) is 6.54 Å². The van der Waals surface area contributed by atoms with Gasteiger partial charge >= 0.3 is 0 Å². The highest BCUT2D eigenvalue weighted by molar-refractivity contribution is 5.86. The first-order chi connectivity index (χ1) is 6.13. The van der Waals surface area contributed by atoms with Gasteiger partial charge in [0.15, 0.2) is 0 Å². The van der Waals surface area contributed by atoms with Gasteiger partial charge in [-0.2, -0.15) is 0 Å². The Balaban J connectivity index is 1.80. The second-order valence-corrected chi connectivity index (χ2v) is 4.90. The van der Waals surface area contributed by atoms with Crippen molar-refractivity contribution in [3.63, 3.8) is 0 Å². The van der Waals surface area contributed by atoms with Crippen LogP contribution in [0.5, 0.6) is 0 Å². The van der Waals surface area contributed by atoms with Crippen molar-refractivity contribution < 1.29 is 4.79 Å². The summed E-state index contributed by atoms with van der Waals surface area (Å²) >= 11 is 0. The van der Waals surface area contributed by atoms with Crippen molar-refractivity contribution in [1.29, 1.82) is 0 Å². The molecule has 0 bridgehead atoms. The van der Waals surface area contributed by atoms with Crippen molar-refractivity contribution in [2.24, 2.45) is 17.3 Å². The van der Waals surface area contributed by atoms with E-state index in [1.54, 1.807) is 0 Å². The number of fused-ring (bicyclic) bond motifs is 1. The highest BCUT2D eigenvalue weighted by atomic mass is 16.1. The predicted octanol–water partition coefficient (Wildman–Crippen LogP) is 1.72. The predicted molar refractivity (Wildman–Crippen MR) is 52.1 cm³/mol. The van der Waals surface area contributed by atoms with Crippen LogP contribution in [0.15, 0.2) is 12.7 Å². The van der Waals surface area contributed by atoms with Crippen LogP contribution in [0.4, 0.5) is 0 Å². The third kappa shape index (κ3) is 1.77. The summed E-state index contributed by atoms with van der Waals surface area (Å²) < 4.78 is 0. The molecule has 13 heavy (non-hydrogen) atoms. The first-order valence-electron chi connectivity index (χ1n) is 5.03. The van der Waals surface area contributed by atoms with Gasteiger partial charge in [0.25, 0.3) is 0 Å². The zero-order chi connectivity index (χ0) is 9.47. The van der Waals surface area contributed by atoms with E-state index in [1.807, 2.05) is 0 Å². The summed E-state index contributed by atoms with van der Waals surface area (Å²) in [5.41, 5.74) is 0.367. The molecule has 0 spiro atoms. The molecular formula is C11H17NO. The summed E-state index contributed by atoms with van der Waals surface area (Å²) in [7, 11) is 0. The number of carbonyl (C=O) groups excluding carboxylic acids is 1. The van der Waals surface area contributed by atoms with E-state index < -0.39 is 0 Å². The third-order valence-electron chi connectivity index (χ3n) is 3.45. The first-order valence-corrected chi connectivity index (χ1v) is 5.03. The standard InChI is InChI=1S/C11H17NO/c1-3-10(13)12-7-11(2)5-8-4-9(8)6-11/h3,8-9H,1,4-7H2,2H3,(H,12,13). The highest BCUT2D eigenvalue weighted by Gasteiger charge is 2.51. The minimum atomic E-state index is -0.0400. The van der Waals surface area contributed by atoms with E-state index in [-0.39, 0.29) is 5.91 Å². The largest absolute Gasteiger partial charge is 0.352 e. The maximum Gasteiger partial charge on any atom is 0.243 e. The van der Waals surface area contributed by atoms with Gasteiger partial charge in [-0.05, 0) is 42.6 Å². The van der Waals surface area contributed by atoms with Crippen molar-refractivity contribution in [3.8, 4) is 0 Å². The summed E-state index contributed by atoms with van der Waals surface area (Å²) in [5, 5.41) is 2.90. The van der Waals surface area contributed by atoms with Crippen LogP contribution in [0.3, 0.4) is 0 Å². The van der Waals surface area contributed by atoms with Gasteiger partial charge < -0.3 is 5.32 Å². The van der Waals surface area contributed by atoms with E-state index in [1.165, 1.54) is 25.3 Å². The lowest BCUT2D eigenvalue weighted by atomic mass is 9.85. The van der Waals surface area contributed by atoms with Crippen LogP contribution in [0.2, 0.25) is 0 Å². The molecule has 2 nitrogen and oxygen atoms in total. The second-order valence-electron chi connectivity index (χ2n) is 4.90. The molecular weight excluding hydrogens is 162 g/mol. The summed E-state index contributed by atoms with van der Waals surface area (Å²) in [5.74, 6) is 1.91. The maximum absolute atomic E-state index is 11.0. The quantitative estimate of drug-likeness (QED) is 0.657. The fraction of sp³-hybridized carbons (Fsp3) is 0.727. The lowest BCUT2D eigenvalue weighted by molar-refractivity contribution is -0.116. The van der Waals surface area contributed by atoms with E-state index in [9.17, 15) is 4.79 Å². The zero-order valence-corrected chi connectivity index (χ0v) is 8.18. The number of hydrogen-bond donors (Lipinski definition) is 1. The van der Waals surface area contributed by atoms with Gasteiger partial charge in [-0.3, -0.25) is 4.79 Å². The van der Waals surface area contributed by atoms with Crippen LogP contribution < -0.4 is 5.32 Å². The molecule has 2 saturated carbocycles. The molecule has 2 aliphatic carbocycles. The molecule has 2 heteroatoms. The average Bonchev–Trinajstić information content (AvgIpc) is 2.71. The summed E-state index contributed by atoms with van der Waals surface area (Å²) in [6.07, 6.45) is 5.38. The number of nitrogens with one attached hydrogen (secondary N) is 1. The van der Waals surface area contributed by atoms with Gasteiger partial charge in [-0.15, -0.1) is 0 Å². The third-order valence-corrected chi connectivity index (χ3v) is 3.45. The van der Waals surface area contributed by atoms with Gasteiger partial charge in [0, 0.05) is 6.54 Å². The normalized spacial score (nSPS) is 41.0. The molecule has 1 amide bonds. The van der Waals surface area contributed by atoms with E-state index in [0.29, 0.717) is 5.41 Å². The van der Waals surface area contributed by atoms with Gasteiger partial charge in [0.2, 0.25) is 5.91 Å². The highest BCUT2D eigenvalue weighted by Crippen LogP contribution is 2.59. The van der Waals surface area contributed by atoms with Crippen molar-refractivity contribution in [2.45, 2.75) is 26.2 Å². The number of carbonyl (C=O) groups is 1. The summed E-state index contributed by atoms with van der Waals surface area (Å²) in [6.45, 7) is 6.54. The fourth-order valence-corrected chi connectivity index (χ4v) is 2.68. The average molecular weight is 179 g/mol. The van der Waals surface area contributed by atoms with E-state index >= 15 is 0 Å². The lowest BCUT2D eigenvalue weighted by Gasteiger charge is -2.25. The lowest BCUT2D eigenvalue weighted by Crippen LogP contribution is -2.33. The van der Waals surface area contributed by atoms with Crippen molar-refractivity contribution >= 4 is 5.91 Å². The molecule has 0 heterocycles. The van der Waals surface area contributed by atoms with Gasteiger partial charge in [0.05, 0.1) is 0 Å². The van der Waals surface area contributed by atoms with Crippen molar-refractivity contribution in [3.05, 3.63) is 12.7 Å². The number of rotatable bonds is 3. The molecule has 0 aromatic heterocycles. The summed E-state index contributed by atoms with van der Waals surface area (Å²) in [6, 6.07) is 0. The molecule has 0 aliphatic heterocycles. The molecule has 2 unspecified atom stereocenters. The zero-order valence-electron chi connectivity index (χ0n) is 8.18. The molecule has 72 valence electrons. The SMILES string of the molecule is C=CC(=O)NCC1(C)CC2CC2C1. The Bertz CT molecular complexity index is 236. The molecule has 2 fully saturated rings. The molecule has 0 aromatic rings. The topological polar surface area (TPSA) is 29.1 Å². The maximum atomic E-state index is 11.0. The van der Waals surface area contributed by atoms with Crippen LogP contribution in [0.25, 0.3) is 0 Å². The fourth-order valence-electron chi connectivity index (χ4n) is 2.68. The molecule has 2 atom stereocenters. The molecule has 1 N–H and O–H groups in total. The van der Waals surface area contributed by atoms with E-state index in [0.717, 1.165) is 18.4 Å². The Hall–Kier alpha value is -0.790. The van der Waals surface area contributed by atoms with Crippen LogP contribution in [0, 0.1) is 17.3 Å². The van der Waals surface area contributed by atoms with Crippen LogP contribution in [0.1, 0.15) is 26.2 Å². The van der Waals surface area contributed by atoms with Crippen molar-refractivity contribution in [1.82, 2.24) is 5.32 Å². The Morgan fingerprint density at radius 2 is 2.23 bits per heavy atom. The Labute approximate surface area is 79.4 Å². The minimum Gasteiger partial charge on any atom is -0.352 e. The molecule has 0 aromatic carbocycles. The second kappa shape index (κ2) is 2.86. The minimum absolute atomic E-state index is 0.0400. The number of amides is 1.